The maximum atomic E-state index is 10.4. The molecule has 1 rings (SSSR count). The third-order valence-corrected chi connectivity index (χ3v) is 3.39. The van der Waals surface area contributed by atoms with E-state index >= 15 is 0 Å². The van der Waals surface area contributed by atoms with Gasteiger partial charge in [-0.3, -0.25) is 0 Å². The standard InChI is InChI=1S/C11H20O3/c1-2-8-3-5-9(6-4-8)7-10(12)11(13)14/h8-10,12H,2-7H2,1H3,(H,13,14). The monoisotopic (exact) mass is 200 g/mol. The lowest BCUT2D eigenvalue weighted by Gasteiger charge is -2.28. The fourth-order valence-corrected chi connectivity index (χ4v) is 2.29. The van der Waals surface area contributed by atoms with Crippen molar-refractivity contribution in [3.8, 4) is 0 Å². The first kappa shape index (κ1) is 11.5. The minimum Gasteiger partial charge on any atom is -0.479 e. The second kappa shape index (κ2) is 5.35. The molecule has 1 atom stereocenters. The Hall–Kier alpha value is -0.570. The minimum absolute atomic E-state index is 0.420. The lowest BCUT2D eigenvalue weighted by atomic mass is 9.79. The van der Waals surface area contributed by atoms with Crippen molar-refractivity contribution in [3.63, 3.8) is 0 Å². The van der Waals surface area contributed by atoms with E-state index in [4.69, 9.17) is 5.11 Å². The molecule has 0 spiro atoms. The summed E-state index contributed by atoms with van der Waals surface area (Å²) in [6.45, 7) is 2.21. The number of hydrogen-bond acceptors (Lipinski definition) is 2. The molecule has 1 saturated carbocycles. The van der Waals surface area contributed by atoms with Crippen molar-refractivity contribution in [1.29, 1.82) is 0 Å². The van der Waals surface area contributed by atoms with E-state index in [0.29, 0.717) is 12.3 Å². The van der Waals surface area contributed by atoms with Gasteiger partial charge in [-0.1, -0.05) is 39.0 Å². The molecule has 0 aromatic carbocycles. The molecule has 1 fully saturated rings. The van der Waals surface area contributed by atoms with Crippen LogP contribution in [0.4, 0.5) is 0 Å². The fourth-order valence-electron chi connectivity index (χ4n) is 2.29. The second-order valence-corrected chi connectivity index (χ2v) is 4.38. The van der Waals surface area contributed by atoms with Gasteiger partial charge >= 0.3 is 5.97 Å². The summed E-state index contributed by atoms with van der Waals surface area (Å²) in [5.74, 6) is 0.166. The number of carbonyl (C=O) groups is 1. The van der Waals surface area contributed by atoms with Crippen molar-refractivity contribution in [2.45, 2.75) is 51.6 Å². The molecule has 1 unspecified atom stereocenters. The zero-order valence-electron chi connectivity index (χ0n) is 8.78. The molecule has 82 valence electrons. The van der Waals surface area contributed by atoms with Gasteiger partial charge < -0.3 is 10.2 Å². The van der Waals surface area contributed by atoms with E-state index in [0.717, 1.165) is 18.8 Å². The first-order valence-corrected chi connectivity index (χ1v) is 5.54. The Bertz CT molecular complexity index is 183. The highest BCUT2D eigenvalue weighted by atomic mass is 16.4. The van der Waals surface area contributed by atoms with Crippen LogP contribution in [0.1, 0.15) is 45.4 Å². The number of aliphatic hydroxyl groups excluding tert-OH is 1. The van der Waals surface area contributed by atoms with E-state index < -0.39 is 12.1 Å². The Morgan fingerprint density at radius 3 is 2.21 bits per heavy atom. The maximum absolute atomic E-state index is 10.4. The number of hydrogen-bond donors (Lipinski definition) is 2. The summed E-state index contributed by atoms with van der Waals surface area (Å²) >= 11 is 0. The lowest BCUT2D eigenvalue weighted by molar-refractivity contribution is -0.147. The van der Waals surface area contributed by atoms with Gasteiger partial charge in [0.25, 0.3) is 0 Å². The van der Waals surface area contributed by atoms with Crippen LogP contribution in [0, 0.1) is 11.8 Å². The van der Waals surface area contributed by atoms with E-state index in [-0.39, 0.29) is 0 Å². The summed E-state index contributed by atoms with van der Waals surface area (Å²) in [6, 6.07) is 0. The Morgan fingerprint density at radius 1 is 1.29 bits per heavy atom. The van der Waals surface area contributed by atoms with Gasteiger partial charge in [0.2, 0.25) is 0 Å². The fraction of sp³-hybridized carbons (Fsp3) is 0.909. The number of carboxylic acids is 1. The average molecular weight is 200 g/mol. The van der Waals surface area contributed by atoms with Gasteiger partial charge in [-0.25, -0.2) is 4.79 Å². The van der Waals surface area contributed by atoms with E-state index in [9.17, 15) is 9.90 Å². The zero-order valence-corrected chi connectivity index (χ0v) is 8.78. The molecule has 0 saturated heterocycles. The Labute approximate surface area is 85.1 Å². The molecule has 1 aliphatic carbocycles. The number of carboxylic acid groups (broad SMARTS) is 1. The van der Waals surface area contributed by atoms with Gasteiger partial charge in [0.1, 0.15) is 0 Å². The molecule has 0 aromatic heterocycles. The number of aliphatic carboxylic acids is 1. The van der Waals surface area contributed by atoms with Crippen LogP contribution in [0.3, 0.4) is 0 Å². The zero-order chi connectivity index (χ0) is 10.6. The molecule has 0 aliphatic heterocycles. The van der Waals surface area contributed by atoms with E-state index in [1.165, 1.54) is 19.3 Å². The third kappa shape index (κ3) is 3.29. The predicted octanol–water partition coefficient (Wildman–Crippen LogP) is 2.04. The summed E-state index contributed by atoms with van der Waals surface area (Å²) in [5, 5.41) is 17.8. The van der Waals surface area contributed by atoms with E-state index in [2.05, 4.69) is 6.92 Å². The van der Waals surface area contributed by atoms with Gasteiger partial charge in [0.15, 0.2) is 6.10 Å². The lowest BCUT2D eigenvalue weighted by Crippen LogP contribution is -2.25. The summed E-state index contributed by atoms with van der Waals surface area (Å²) in [5.41, 5.74) is 0. The summed E-state index contributed by atoms with van der Waals surface area (Å²) in [4.78, 5) is 10.4. The van der Waals surface area contributed by atoms with Crippen molar-refractivity contribution >= 4 is 5.97 Å². The molecule has 0 radical (unpaired) electrons. The molecule has 0 aromatic rings. The van der Waals surface area contributed by atoms with Gasteiger partial charge in [0, 0.05) is 0 Å². The summed E-state index contributed by atoms with van der Waals surface area (Å²) < 4.78 is 0. The normalized spacial score (nSPS) is 29.9. The third-order valence-electron chi connectivity index (χ3n) is 3.39. The Balaban J connectivity index is 2.25. The Morgan fingerprint density at radius 2 is 1.79 bits per heavy atom. The van der Waals surface area contributed by atoms with Crippen LogP contribution >= 0.6 is 0 Å². The highest BCUT2D eigenvalue weighted by Gasteiger charge is 2.24. The highest BCUT2D eigenvalue weighted by molar-refractivity contribution is 5.71. The first-order valence-electron chi connectivity index (χ1n) is 5.54. The van der Waals surface area contributed by atoms with Crippen LogP contribution in [0.15, 0.2) is 0 Å². The van der Waals surface area contributed by atoms with Gasteiger partial charge in [-0.2, -0.15) is 0 Å². The van der Waals surface area contributed by atoms with Crippen molar-refractivity contribution in [3.05, 3.63) is 0 Å². The number of aliphatic hydroxyl groups is 1. The van der Waals surface area contributed by atoms with Crippen LogP contribution < -0.4 is 0 Å². The largest absolute Gasteiger partial charge is 0.479 e. The molecule has 3 heteroatoms. The van der Waals surface area contributed by atoms with Crippen molar-refractivity contribution in [1.82, 2.24) is 0 Å². The second-order valence-electron chi connectivity index (χ2n) is 4.38. The van der Waals surface area contributed by atoms with Crippen LogP contribution in [0.5, 0.6) is 0 Å². The minimum atomic E-state index is -1.15. The van der Waals surface area contributed by atoms with Crippen LogP contribution in [-0.4, -0.2) is 22.3 Å². The molecule has 1 aliphatic rings. The summed E-state index contributed by atoms with van der Waals surface area (Å²) in [6.07, 6.45) is 5.09. The maximum Gasteiger partial charge on any atom is 0.332 e. The van der Waals surface area contributed by atoms with Gasteiger partial charge in [-0.15, -0.1) is 0 Å². The highest BCUT2D eigenvalue weighted by Crippen LogP contribution is 2.32. The van der Waals surface area contributed by atoms with E-state index in [1.54, 1.807) is 0 Å². The quantitative estimate of drug-likeness (QED) is 0.730. The molecule has 0 bridgehead atoms. The topological polar surface area (TPSA) is 57.5 Å². The smallest absolute Gasteiger partial charge is 0.332 e. The molecular formula is C11H20O3. The van der Waals surface area contributed by atoms with Crippen molar-refractivity contribution in [2.24, 2.45) is 11.8 Å². The molecular weight excluding hydrogens is 180 g/mol. The number of rotatable bonds is 4. The predicted molar refractivity (Wildman–Crippen MR) is 54.0 cm³/mol. The molecule has 3 nitrogen and oxygen atoms in total. The summed E-state index contributed by atoms with van der Waals surface area (Å²) in [7, 11) is 0. The Kier molecular flexibility index (Phi) is 4.39. The average Bonchev–Trinajstić information content (AvgIpc) is 2.19. The van der Waals surface area contributed by atoms with Crippen LogP contribution in [0.25, 0.3) is 0 Å². The molecule has 0 heterocycles. The van der Waals surface area contributed by atoms with Crippen LogP contribution in [0.2, 0.25) is 0 Å². The molecule has 0 amide bonds. The van der Waals surface area contributed by atoms with Crippen molar-refractivity contribution < 1.29 is 15.0 Å². The van der Waals surface area contributed by atoms with E-state index in [1.807, 2.05) is 0 Å². The molecule has 2 N–H and O–H groups in total. The first-order chi connectivity index (χ1) is 6.63. The van der Waals surface area contributed by atoms with Gasteiger partial charge in [0.05, 0.1) is 0 Å². The SMILES string of the molecule is CCC1CCC(CC(O)C(=O)O)CC1. The molecule has 14 heavy (non-hydrogen) atoms. The van der Waals surface area contributed by atoms with Crippen LogP contribution in [-0.2, 0) is 4.79 Å². The van der Waals surface area contributed by atoms with Gasteiger partial charge in [-0.05, 0) is 18.3 Å². The van der Waals surface area contributed by atoms with Crippen molar-refractivity contribution in [2.75, 3.05) is 0 Å².